The number of amides is 1. The number of nitrogens with one attached hydrogen (secondary N) is 1. The quantitative estimate of drug-likeness (QED) is 0.663. The van der Waals surface area contributed by atoms with Crippen molar-refractivity contribution in [2.45, 2.75) is 11.5 Å². The predicted octanol–water partition coefficient (Wildman–Crippen LogP) is 3.82. The van der Waals surface area contributed by atoms with Crippen LogP contribution in [0.5, 0.6) is 5.75 Å². The fourth-order valence-electron chi connectivity index (χ4n) is 6.10. The summed E-state index contributed by atoms with van der Waals surface area (Å²) in [6.45, 7) is 0.720. The van der Waals surface area contributed by atoms with Crippen LogP contribution in [0, 0.1) is 5.41 Å². The van der Waals surface area contributed by atoms with E-state index in [1.54, 1.807) is 0 Å². The van der Waals surface area contributed by atoms with Crippen LogP contribution < -0.4 is 10.1 Å². The number of para-hydroxylation sites is 2. The maximum atomic E-state index is 14.4. The number of rotatable bonds is 1. The van der Waals surface area contributed by atoms with Crippen LogP contribution in [0.15, 0.2) is 78.9 Å². The van der Waals surface area contributed by atoms with Crippen LogP contribution in [-0.4, -0.2) is 36.8 Å². The van der Waals surface area contributed by atoms with E-state index in [2.05, 4.69) is 10.2 Å². The molecule has 0 saturated carbocycles. The first-order valence-corrected chi connectivity index (χ1v) is 10.5. The van der Waals surface area contributed by atoms with Crippen LogP contribution in [0.25, 0.3) is 0 Å². The molecule has 1 fully saturated rings. The van der Waals surface area contributed by atoms with Gasteiger partial charge >= 0.3 is 0 Å². The molecule has 0 radical (unpaired) electrons. The third-order valence-corrected chi connectivity index (χ3v) is 7.36. The number of fused-ring (bicyclic) bond motifs is 4. The van der Waals surface area contributed by atoms with Crippen LogP contribution in [-0.2, 0) is 10.3 Å². The van der Waals surface area contributed by atoms with E-state index >= 15 is 0 Å². The summed E-state index contributed by atoms with van der Waals surface area (Å²) in [5.41, 5.74) is 0.959. The zero-order valence-corrected chi connectivity index (χ0v) is 17.2. The van der Waals surface area contributed by atoms with Crippen LogP contribution in [0.2, 0.25) is 0 Å². The number of ether oxygens (including phenoxy) is 1. The average molecular weight is 410 g/mol. The number of carbonyl (C=O) groups is 2. The Balaban J connectivity index is 1.68. The van der Waals surface area contributed by atoms with Crippen LogP contribution in [0.4, 0.5) is 5.69 Å². The molecule has 1 amide bonds. The van der Waals surface area contributed by atoms with Crippen molar-refractivity contribution in [3.8, 4) is 5.75 Å². The maximum Gasteiger partial charge on any atom is 0.250 e. The summed E-state index contributed by atoms with van der Waals surface area (Å²) in [4.78, 5) is 30.3. The van der Waals surface area contributed by atoms with Gasteiger partial charge in [0.05, 0.1) is 5.56 Å². The van der Waals surface area contributed by atoms with Crippen molar-refractivity contribution in [2.75, 3.05) is 25.5 Å². The Morgan fingerprint density at radius 3 is 2.48 bits per heavy atom. The van der Waals surface area contributed by atoms with Crippen LogP contribution in [0.3, 0.4) is 0 Å². The van der Waals surface area contributed by atoms with Crippen molar-refractivity contribution in [1.29, 1.82) is 0 Å². The highest BCUT2D eigenvalue weighted by Crippen LogP contribution is 2.64. The van der Waals surface area contributed by atoms with Crippen LogP contribution in [0.1, 0.15) is 27.4 Å². The lowest BCUT2D eigenvalue weighted by atomic mass is 9.57. The summed E-state index contributed by atoms with van der Waals surface area (Å²) in [7, 11) is 1.94. The first-order chi connectivity index (χ1) is 15.1. The highest BCUT2D eigenvalue weighted by molar-refractivity contribution is 6.15. The Bertz CT molecular complexity index is 1220. The zero-order valence-electron chi connectivity index (χ0n) is 17.2. The van der Waals surface area contributed by atoms with Crippen LogP contribution >= 0.6 is 0 Å². The first-order valence-electron chi connectivity index (χ1n) is 10.5. The lowest BCUT2D eigenvalue weighted by Gasteiger charge is -2.47. The van der Waals surface area contributed by atoms with Crippen molar-refractivity contribution in [3.63, 3.8) is 0 Å². The number of benzene rings is 3. The van der Waals surface area contributed by atoms with Crippen molar-refractivity contribution in [1.82, 2.24) is 4.90 Å². The van der Waals surface area contributed by atoms with Crippen molar-refractivity contribution in [3.05, 3.63) is 95.6 Å². The molecule has 3 aromatic carbocycles. The Kier molecular flexibility index (Phi) is 3.72. The van der Waals surface area contributed by atoms with Gasteiger partial charge in [0.15, 0.2) is 5.78 Å². The largest absolute Gasteiger partial charge is 0.492 e. The molecule has 3 aliphatic rings. The Hall–Kier alpha value is -3.44. The van der Waals surface area contributed by atoms with E-state index < -0.39 is 11.0 Å². The van der Waals surface area contributed by atoms with E-state index in [0.29, 0.717) is 17.9 Å². The molecule has 1 saturated heterocycles. The van der Waals surface area contributed by atoms with Gasteiger partial charge in [-0.25, -0.2) is 0 Å². The monoisotopic (exact) mass is 410 g/mol. The molecule has 1 N–H and O–H groups in total. The molecule has 2 spiro atoms. The van der Waals surface area contributed by atoms with Gasteiger partial charge in [0, 0.05) is 23.7 Å². The molecule has 3 heterocycles. The minimum atomic E-state index is -1.14. The standard InChI is InChI=1S/C26H22N2O3/c1-28-15-20(17-9-3-2-4-10-17)25(16-31-22-14-8-5-11-18(22)23(25)29)26(28)19-12-6-7-13-21(19)27-24(26)30/h2-14,20H,15-16H2,1H3,(H,27,30)/t20-,25+,26-/m0/s1. The maximum absolute atomic E-state index is 14.4. The second-order valence-corrected chi connectivity index (χ2v) is 8.64. The summed E-state index contributed by atoms with van der Waals surface area (Å²) >= 11 is 0. The van der Waals surface area contributed by atoms with Crippen molar-refractivity contribution < 1.29 is 14.3 Å². The van der Waals surface area contributed by atoms with Gasteiger partial charge in [-0.3, -0.25) is 14.5 Å². The van der Waals surface area contributed by atoms with Gasteiger partial charge in [0.1, 0.15) is 23.3 Å². The highest BCUT2D eigenvalue weighted by atomic mass is 16.5. The summed E-state index contributed by atoms with van der Waals surface area (Å²) in [5.74, 6) is 0.197. The van der Waals surface area contributed by atoms with Gasteiger partial charge in [-0.1, -0.05) is 60.7 Å². The van der Waals surface area contributed by atoms with E-state index in [9.17, 15) is 9.59 Å². The lowest BCUT2D eigenvalue weighted by molar-refractivity contribution is -0.131. The van der Waals surface area contributed by atoms with Gasteiger partial charge in [0.25, 0.3) is 5.91 Å². The molecule has 31 heavy (non-hydrogen) atoms. The second-order valence-electron chi connectivity index (χ2n) is 8.64. The molecule has 0 aromatic heterocycles. The van der Waals surface area contributed by atoms with E-state index in [1.165, 1.54) is 0 Å². The minimum absolute atomic E-state index is 0.0283. The lowest BCUT2D eigenvalue weighted by Crippen LogP contribution is -2.62. The zero-order chi connectivity index (χ0) is 21.2. The summed E-state index contributed by atoms with van der Waals surface area (Å²) in [6.07, 6.45) is 0. The molecule has 0 unspecified atom stereocenters. The Morgan fingerprint density at radius 1 is 0.935 bits per heavy atom. The molecule has 6 rings (SSSR count). The molecular weight excluding hydrogens is 388 g/mol. The van der Waals surface area contributed by atoms with Gasteiger partial charge in [-0.2, -0.15) is 0 Å². The number of nitrogens with zero attached hydrogens (tertiary/aromatic N) is 1. The molecule has 3 aliphatic heterocycles. The highest BCUT2D eigenvalue weighted by Gasteiger charge is 2.75. The van der Waals surface area contributed by atoms with Crippen molar-refractivity contribution in [2.24, 2.45) is 5.41 Å². The fourth-order valence-corrected chi connectivity index (χ4v) is 6.10. The average Bonchev–Trinajstić information content (AvgIpc) is 3.25. The van der Waals surface area contributed by atoms with E-state index in [-0.39, 0.29) is 24.2 Å². The third-order valence-electron chi connectivity index (χ3n) is 7.36. The first kappa shape index (κ1) is 18.3. The molecular formula is C26H22N2O3. The van der Waals surface area contributed by atoms with Gasteiger partial charge in [-0.15, -0.1) is 0 Å². The summed E-state index contributed by atoms with van der Waals surface area (Å²) in [5, 5.41) is 3.06. The van der Waals surface area contributed by atoms with E-state index in [1.807, 2.05) is 85.9 Å². The summed E-state index contributed by atoms with van der Waals surface area (Å²) < 4.78 is 6.25. The minimum Gasteiger partial charge on any atom is -0.492 e. The third kappa shape index (κ3) is 2.09. The van der Waals surface area contributed by atoms with Crippen molar-refractivity contribution >= 4 is 17.4 Å². The SMILES string of the molecule is CN1C[C@@H](c2ccccc2)[C@@]2(COc3ccccc3C2=O)[C@]12C(=O)Nc1ccccc12. The molecule has 3 atom stereocenters. The van der Waals surface area contributed by atoms with Gasteiger partial charge < -0.3 is 10.1 Å². The molecule has 0 bridgehead atoms. The number of likely N-dealkylation sites (N-methyl/N-ethyl adjacent to an activating group) is 1. The van der Waals surface area contributed by atoms with E-state index in [0.717, 1.165) is 16.8 Å². The van der Waals surface area contributed by atoms with E-state index in [4.69, 9.17) is 4.74 Å². The normalized spacial score (nSPS) is 29.0. The molecule has 3 aromatic rings. The number of Topliss-reactive ketones (excluding diaryl/α,β-unsaturated/α-hetero) is 1. The number of carbonyl (C=O) groups excluding carboxylic acids is 2. The van der Waals surface area contributed by atoms with Gasteiger partial charge in [-0.05, 0) is 30.8 Å². The fraction of sp³-hybridized carbons (Fsp3) is 0.231. The number of anilines is 1. The number of hydrogen-bond donors (Lipinski definition) is 1. The number of hydrogen-bond acceptors (Lipinski definition) is 4. The molecule has 5 heteroatoms. The predicted molar refractivity (Wildman–Crippen MR) is 117 cm³/mol. The molecule has 0 aliphatic carbocycles. The molecule has 154 valence electrons. The second kappa shape index (κ2) is 6.28. The number of likely N-dealkylation sites (tertiary alicyclic amines) is 1. The topological polar surface area (TPSA) is 58.6 Å². The summed E-state index contributed by atoms with van der Waals surface area (Å²) in [6, 6.07) is 25.1. The molecule has 5 nitrogen and oxygen atoms in total. The van der Waals surface area contributed by atoms with Gasteiger partial charge in [0.2, 0.25) is 0 Å². The Morgan fingerprint density at radius 2 is 1.65 bits per heavy atom. The number of ketones is 1. The Labute approximate surface area is 180 Å². The smallest absolute Gasteiger partial charge is 0.250 e.